The summed E-state index contributed by atoms with van der Waals surface area (Å²) >= 11 is 0. The zero-order valence-corrected chi connectivity index (χ0v) is 36.9. The number of nitrogens with zero attached hydrogens (tertiary/aromatic N) is 3. The van der Waals surface area contributed by atoms with Crippen molar-refractivity contribution in [2.75, 3.05) is 0 Å². The fraction of sp³-hybridized carbons (Fsp3) is 0.0164. The Hall–Kier alpha value is -8.18. The van der Waals surface area contributed by atoms with Gasteiger partial charge in [-0.2, -0.15) is 0 Å². The Balaban J connectivity index is 1.02. The van der Waals surface area contributed by atoms with Crippen molar-refractivity contribution in [2.24, 2.45) is 0 Å². The van der Waals surface area contributed by atoms with E-state index in [2.05, 4.69) is 263 Å². The van der Waals surface area contributed by atoms with E-state index >= 15 is 0 Å². The van der Waals surface area contributed by atoms with Gasteiger partial charge in [0.1, 0.15) is 0 Å². The number of aryl methyl sites for hydroxylation is 1. The molecule has 0 unspecified atom stereocenters. The third kappa shape index (κ3) is 5.54. The van der Waals surface area contributed by atoms with Crippen LogP contribution in [0.4, 0.5) is 0 Å². The molecule has 0 saturated carbocycles. The maximum atomic E-state index is 2.50. The van der Waals surface area contributed by atoms with Gasteiger partial charge in [-0.3, -0.25) is 0 Å². The van der Waals surface area contributed by atoms with Crippen LogP contribution >= 0.6 is 0 Å². The van der Waals surface area contributed by atoms with Crippen LogP contribution in [0.25, 0.3) is 82.5 Å². The van der Waals surface area contributed by atoms with E-state index in [0.29, 0.717) is 0 Å². The second-order valence-electron chi connectivity index (χ2n) is 17.3. The highest BCUT2D eigenvalue weighted by Gasteiger charge is 2.41. The van der Waals surface area contributed by atoms with Gasteiger partial charge in [-0.15, -0.1) is 0 Å². The lowest BCUT2D eigenvalue weighted by Crippen LogP contribution is -2.74. The normalized spacial score (nSPS) is 12.1. The monoisotopic (exact) mass is 845 g/mol. The molecule has 0 fully saturated rings. The molecule has 3 heterocycles. The van der Waals surface area contributed by atoms with Gasteiger partial charge in [0.2, 0.25) is 0 Å². The van der Waals surface area contributed by atoms with Gasteiger partial charge in [0.25, 0.3) is 0 Å². The molecule has 0 amide bonds. The van der Waals surface area contributed by atoms with E-state index in [9.17, 15) is 0 Å². The lowest BCUT2D eigenvalue weighted by atomic mass is 10.1. The summed E-state index contributed by atoms with van der Waals surface area (Å²) < 4.78 is 7.42. The number of hydrogen-bond donors (Lipinski definition) is 0. The molecule has 13 rings (SSSR count). The summed E-state index contributed by atoms with van der Waals surface area (Å²) in [6, 6.07) is 90.3. The topological polar surface area (TPSA) is 14.8 Å². The smallest absolute Gasteiger partial charge is 0.179 e. The van der Waals surface area contributed by atoms with Crippen LogP contribution in [-0.4, -0.2) is 21.8 Å². The van der Waals surface area contributed by atoms with Crippen LogP contribution in [0.1, 0.15) is 5.56 Å². The Morgan fingerprint density at radius 1 is 0.277 bits per heavy atom. The summed E-state index contributed by atoms with van der Waals surface area (Å²) in [6.07, 6.45) is 0. The summed E-state index contributed by atoms with van der Waals surface area (Å²) in [5.41, 5.74) is 11.9. The Kier molecular flexibility index (Phi) is 8.45. The first kappa shape index (κ1) is 37.4. The van der Waals surface area contributed by atoms with Gasteiger partial charge in [-0.1, -0.05) is 181 Å². The predicted molar refractivity (Wildman–Crippen MR) is 278 cm³/mol. The molecule has 0 radical (unpaired) electrons. The number of rotatable bonds is 7. The fourth-order valence-electron chi connectivity index (χ4n) is 11.1. The molecule has 13 aromatic rings. The van der Waals surface area contributed by atoms with Crippen molar-refractivity contribution in [2.45, 2.75) is 6.92 Å². The Labute approximate surface area is 378 Å². The lowest BCUT2D eigenvalue weighted by molar-refractivity contribution is 1.13. The van der Waals surface area contributed by atoms with Gasteiger partial charge in [-0.25, -0.2) is 0 Å². The van der Waals surface area contributed by atoms with E-state index in [-0.39, 0.29) is 0 Å². The fourth-order valence-corrected chi connectivity index (χ4v) is 15.8. The minimum Gasteiger partial charge on any atom is -0.309 e. The molecule has 3 aromatic heterocycles. The molecule has 306 valence electrons. The van der Waals surface area contributed by atoms with Crippen LogP contribution in [0, 0.1) is 6.92 Å². The minimum absolute atomic E-state index is 1.13. The minimum atomic E-state index is -2.67. The summed E-state index contributed by atoms with van der Waals surface area (Å²) in [6.45, 7) is 2.18. The summed E-state index contributed by atoms with van der Waals surface area (Å²) in [4.78, 5) is 0. The molecule has 0 bridgehead atoms. The Bertz CT molecular complexity index is 3840. The average molecular weight is 846 g/mol. The summed E-state index contributed by atoms with van der Waals surface area (Å²) in [7, 11) is -2.67. The largest absolute Gasteiger partial charge is 0.309 e. The van der Waals surface area contributed by atoms with E-state index in [1.807, 2.05) is 0 Å². The van der Waals surface area contributed by atoms with Crippen molar-refractivity contribution >= 4 is 94.2 Å². The molecule has 0 spiro atoms. The van der Waals surface area contributed by atoms with Crippen LogP contribution in [0.5, 0.6) is 0 Å². The lowest BCUT2D eigenvalue weighted by Gasteiger charge is -2.34. The third-order valence-corrected chi connectivity index (χ3v) is 18.6. The first-order chi connectivity index (χ1) is 32.2. The standard InChI is InChI=1S/C61H43N3Si/c1-42-32-38-59-53(40-42)50-25-13-16-30-57(50)64(59)60-31-17-27-52-49-24-11-15-29-56(49)63(61(52)60)44-35-39-58-54(41-44)51-26-12-14-28-55(51)62(58)43-33-36-48(37-34-43)65(45-18-5-2-6-19-45,46-20-7-3-8-21-46)47-22-9-4-10-23-47/h2-41H,1H3. The molecule has 0 aliphatic rings. The third-order valence-electron chi connectivity index (χ3n) is 13.8. The van der Waals surface area contributed by atoms with E-state index < -0.39 is 8.07 Å². The zero-order valence-electron chi connectivity index (χ0n) is 35.9. The second kappa shape index (κ2) is 14.7. The van der Waals surface area contributed by atoms with Gasteiger partial charge >= 0.3 is 0 Å². The van der Waals surface area contributed by atoms with Crippen molar-refractivity contribution in [3.63, 3.8) is 0 Å². The number of aromatic nitrogens is 3. The van der Waals surface area contributed by atoms with Gasteiger partial charge < -0.3 is 13.7 Å². The molecule has 10 aromatic carbocycles. The zero-order chi connectivity index (χ0) is 43.1. The van der Waals surface area contributed by atoms with Crippen LogP contribution in [0.15, 0.2) is 243 Å². The Morgan fingerprint density at radius 3 is 1.29 bits per heavy atom. The number of fused-ring (bicyclic) bond motifs is 9. The van der Waals surface area contributed by atoms with Crippen molar-refractivity contribution in [1.82, 2.24) is 13.7 Å². The molecule has 3 nitrogen and oxygen atoms in total. The van der Waals surface area contributed by atoms with Crippen molar-refractivity contribution in [3.8, 4) is 17.1 Å². The Morgan fingerprint density at radius 2 is 0.692 bits per heavy atom. The van der Waals surface area contributed by atoms with Gasteiger partial charge in [0.05, 0.1) is 38.8 Å². The molecule has 0 aliphatic carbocycles. The van der Waals surface area contributed by atoms with Crippen LogP contribution in [0.2, 0.25) is 0 Å². The van der Waals surface area contributed by atoms with Crippen molar-refractivity contribution in [1.29, 1.82) is 0 Å². The van der Waals surface area contributed by atoms with Gasteiger partial charge in [0, 0.05) is 43.7 Å². The molecule has 4 heteroatoms. The number of para-hydroxylation sites is 4. The van der Waals surface area contributed by atoms with E-state index in [4.69, 9.17) is 0 Å². The van der Waals surface area contributed by atoms with E-state index in [1.54, 1.807) is 0 Å². The summed E-state index contributed by atoms with van der Waals surface area (Å²) in [5, 5.41) is 12.9. The highest BCUT2D eigenvalue weighted by Crippen LogP contribution is 2.41. The van der Waals surface area contributed by atoms with Crippen molar-refractivity contribution < 1.29 is 0 Å². The number of hydrogen-bond acceptors (Lipinski definition) is 0. The molecule has 0 saturated heterocycles. The highest BCUT2D eigenvalue weighted by atomic mass is 28.3. The first-order valence-electron chi connectivity index (χ1n) is 22.5. The van der Waals surface area contributed by atoms with Gasteiger partial charge in [0.15, 0.2) is 8.07 Å². The highest BCUT2D eigenvalue weighted by molar-refractivity contribution is 7.19. The summed E-state index contributed by atoms with van der Waals surface area (Å²) in [5.74, 6) is 0. The maximum absolute atomic E-state index is 2.67. The average Bonchev–Trinajstić information content (AvgIpc) is 4.01. The first-order valence-corrected chi connectivity index (χ1v) is 24.5. The second-order valence-corrected chi connectivity index (χ2v) is 21.2. The van der Waals surface area contributed by atoms with Crippen LogP contribution in [0.3, 0.4) is 0 Å². The molecule has 0 aliphatic heterocycles. The van der Waals surface area contributed by atoms with Crippen LogP contribution < -0.4 is 20.7 Å². The maximum Gasteiger partial charge on any atom is 0.179 e. The van der Waals surface area contributed by atoms with E-state index in [0.717, 1.165) is 17.1 Å². The predicted octanol–water partition coefficient (Wildman–Crippen LogP) is 12.7. The quantitative estimate of drug-likeness (QED) is 0.112. The number of benzene rings is 10. The van der Waals surface area contributed by atoms with Crippen molar-refractivity contribution in [3.05, 3.63) is 248 Å². The van der Waals surface area contributed by atoms with Crippen LogP contribution in [-0.2, 0) is 0 Å². The molecule has 0 N–H and O–H groups in total. The van der Waals surface area contributed by atoms with E-state index in [1.165, 1.54) is 91.7 Å². The molecule has 0 atom stereocenters. The molecule has 65 heavy (non-hydrogen) atoms. The van der Waals surface area contributed by atoms with Gasteiger partial charge in [-0.05, 0) is 94.4 Å². The molecular formula is C61H43N3Si. The SMILES string of the molecule is Cc1ccc2c(c1)c1ccccc1n2-c1cccc2c3ccccc3n(-c3ccc4c(c3)c3ccccc3n4-c3ccc([Si](c4ccccc4)(c4ccccc4)c4ccccc4)cc3)c12. The molecular weight excluding hydrogens is 803 g/mol.